The van der Waals surface area contributed by atoms with Gasteiger partial charge in [0.25, 0.3) is 0 Å². The van der Waals surface area contributed by atoms with Crippen LogP contribution in [0.3, 0.4) is 0 Å². The molecule has 2 rings (SSSR count). The van der Waals surface area contributed by atoms with Gasteiger partial charge in [0.15, 0.2) is 0 Å². The van der Waals surface area contributed by atoms with Gasteiger partial charge in [0.1, 0.15) is 24.3 Å². The zero-order chi connectivity index (χ0) is 13.0. The Balaban J connectivity index is 1.93. The summed E-state index contributed by atoms with van der Waals surface area (Å²) >= 11 is 3.33. The van der Waals surface area contributed by atoms with E-state index in [2.05, 4.69) is 15.9 Å². The molecule has 0 spiro atoms. The Morgan fingerprint density at radius 1 is 1.06 bits per heavy atom. The highest BCUT2D eigenvalue weighted by molar-refractivity contribution is 9.10. The Bertz CT molecular complexity index is 496. The Morgan fingerprint density at radius 3 is 2.28 bits per heavy atom. The first-order chi connectivity index (χ1) is 8.65. The van der Waals surface area contributed by atoms with E-state index in [4.69, 9.17) is 4.74 Å². The molecule has 0 radical (unpaired) electrons. The van der Waals surface area contributed by atoms with Gasteiger partial charge in [-0.05, 0) is 42.0 Å². The molecule has 2 nitrogen and oxygen atoms in total. The topological polar surface area (TPSA) is 29.5 Å². The van der Waals surface area contributed by atoms with Crippen LogP contribution >= 0.6 is 15.9 Å². The number of aliphatic hydroxyl groups is 1. The molecule has 94 valence electrons. The maximum atomic E-state index is 12.7. The summed E-state index contributed by atoms with van der Waals surface area (Å²) in [6.07, 6.45) is -0.769. The molecule has 1 N–H and O–H groups in total. The smallest absolute Gasteiger partial charge is 0.123 e. The minimum absolute atomic E-state index is 0.132. The third kappa shape index (κ3) is 3.55. The fourth-order valence-electron chi connectivity index (χ4n) is 1.49. The van der Waals surface area contributed by atoms with Crippen LogP contribution in [0.2, 0.25) is 0 Å². The summed E-state index contributed by atoms with van der Waals surface area (Å²) in [6.45, 7) is 0.132. The van der Waals surface area contributed by atoms with Crippen LogP contribution in [-0.2, 0) is 0 Å². The van der Waals surface area contributed by atoms with Crippen molar-refractivity contribution < 1.29 is 14.2 Å². The third-order valence-electron chi connectivity index (χ3n) is 2.48. The van der Waals surface area contributed by atoms with E-state index >= 15 is 0 Å². The molecular weight excluding hydrogens is 299 g/mol. The van der Waals surface area contributed by atoms with Crippen LogP contribution in [-0.4, -0.2) is 11.7 Å². The normalized spacial score (nSPS) is 12.2. The minimum atomic E-state index is -0.769. The van der Waals surface area contributed by atoms with E-state index in [-0.39, 0.29) is 12.4 Å². The first-order valence-electron chi connectivity index (χ1n) is 5.47. The standard InChI is InChI=1S/C14H12BrFO2/c15-11-3-7-13(8-4-11)18-9-14(17)10-1-5-12(16)6-2-10/h1-8,14,17H,9H2. The number of ether oxygens (including phenoxy) is 1. The van der Waals surface area contributed by atoms with E-state index in [1.54, 1.807) is 12.1 Å². The van der Waals surface area contributed by atoms with E-state index in [0.29, 0.717) is 11.3 Å². The molecule has 0 aliphatic rings. The lowest BCUT2D eigenvalue weighted by Gasteiger charge is -2.12. The van der Waals surface area contributed by atoms with Crippen molar-refractivity contribution >= 4 is 15.9 Å². The number of rotatable bonds is 4. The molecule has 4 heteroatoms. The molecule has 0 amide bonds. The SMILES string of the molecule is OC(COc1ccc(Br)cc1)c1ccc(F)cc1. The molecule has 2 aromatic rings. The Hall–Kier alpha value is -1.39. The van der Waals surface area contributed by atoms with Crippen LogP contribution in [0.5, 0.6) is 5.75 Å². The van der Waals surface area contributed by atoms with E-state index in [9.17, 15) is 9.50 Å². The van der Waals surface area contributed by atoms with Gasteiger partial charge < -0.3 is 9.84 Å². The van der Waals surface area contributed by atoms with Crippen molar-refractivity contribution in [3.8, 4) is 5.75 Å². The average molecular weight is 311 g/mol. The van der Waals surface area contributed by atoms with Gasteiger partial charge in [-0.2, -0.15) is 0 Å². The fourth-order valence-corrected chi connectivity index (χ4v) is 1.75. The first kappa shape index (κ1) is 13.1. The van der Waals surface area contributed by atoms with Crippen molar-refractivity contribution in [3.63, 3.8) is 0 Å². The summed E-state index contributed by atoms with van der Waals surface area (Å²) in [4.78, 5) is 0. The van der Waals surface area contributed by atoms with Crippen molar-refractivity contribution in [2.45, 2.75) is 6.10 Å². The zero-order valence-electron chi connectivity index (χ0n) is 9.51. The van der Waals surface area contributed by atoms with Crippen LogP contribution in [0, 0.1) is 5.82 Å². The Labute approximate surface area is 113 Å². The van der Waals surface area contributed by atoms with E-state index in [1.165, 1.54) is 12.1 Å². The van der Waals surface area contributed by atoms with Crippen molar-refractivity contribution in [2.24, 2.45) is 0 Å². The van der Waals surface area contributed by atoms with Gasteiger partial charge >= 0.3 is 0 Å². The molecule has 1 unspecified atom stereocenters. The van der Waals surface area contributed by atoms with E-state index in [1.807, 2.05) is 24.3 Å². The number of benzene rings is 2. The van der Waals surface area contributed by atoms with Crippen LogP contribution in [0.4, 0.5) is 4.39 Å². The number of hydrogen-bond acceptors (Lipinski definition) is 2. The maximum Gasteiger partial charge on any atom is 0.123 e. The monoisotopic (exact) mass is 310 g/mol. The highest BCUT2D eigenvalue weighted by atomic mass is 79.9. The predicted octanol–water partition coefficient (Wildman–Crippen LogP) is 3.70. The zero-order valence-corrected chi connectivity index (χ0v) is 11.1. The maximum absolute atomic E-state index is 12.7. The van der Waals surface area contributed by atoms with Gasteiger partial charge in [0.2, 0.25) is 0 Å². The van der Waals surface area contributed by atoms with Crippen LogP contribution in [0.25, 0.3) is 0 Å². The highest BCUT2D eigenvalue weighted by Crippen LogP contribution is 2.19. The van der Waals surface area contributed by atoms with Gasteiger partial charge in [-0.1, -0.05) is 28.1 Å². The molecule has 0 aliphatic heterocycles. The lowest BCUT2D eigenvalue weighted by molar-refractivity contribution is 0.108. The van der Waals surface area contributed by atoms with Gasteiger partial charge in [-0.3, -0.25) is 0 Å². The summed E-state index contributed by atoms with van der Waals surface area (Å²) in [6, 6.07) is 13.1. The van der Waals surface area contributed by atoms with Gasteiger partial charge in [0, 0.05) is 4.47 Å². The third-order valence-corrected chi connectivity index (χ3v) is 3.00. The van der Waals surface area contributed by atoms with E-state index < -0.39 is 6.10 Å². The fraction of sp³-hybridized carbons (Fsp3) is 0.143. The molecular formula is C14H12BrFO2. The summed E-state index contributed by atoms with van der Waals surface area (Å²) in [5, 5.41) is 9.87. The molecule has 0 saturated heterocycles. The molecule has 0 aromatic heterocycles. The van der Waals surface area contributed by atoms with Gasteiger partial charge in [-0.25, -0.2) is 4.39 Å². The second kappa shape index (κ2) is 5.98. The molecule has 0 bridgehead atoms. The Kier molecular flexibility index (Phi) is 4.33. The van der Waals surface area contributed by atoms with Gasteiger partial charge in [0.05, 0.1) is 0 Å². The minimum Gasteiger partial charge on any atom is -0.491 e. The molecule has 18 heavy (non-hydrogen) atoms. The summed E-state index contributed by atoms with van der Waals surface area (Å²) in [5.41, 5.74) is 0.633. The van der Waals surface area contributed by atoms with Crippen LogP contribution in [0.15, 0.2) is 53.0 Å². The van der Waals surface area contributed by atoms with Crippen molar-refractivity contribution in [3.05, 3.63) is 64.4 Å². The molecule has 0 saturated carbocycles. The van der Waals surface area contributed by atoms with Crippen LogP contribution in [0.1, 0.15) is 11.7 Å². The summed E-state index contributed by atoms with van der Waals surface area (Å²) < 4.78 is 19.1. The molecule has 1 atom stereocenters. The largest absolute Gasteiger partial charge is 0.491 e. The second-order valence-electron chi connectivity index (χ2n) is 3.83. The van der Waals surface area contributed by atoms with E-state index in [0.717, 1.165) is 4.47 Å². The lowest BCUT2D eigenvalue weighted by Crippen LogP contribution is -2.09. The number of halogens is 2. The Morgan fingerprint density at radius 2 is 1.67 bits per heavy atom. The number of aliphatic hydroxyl groups excluding tert-OH is 1. The lowest BCUT2D eigenvalue weighted by atomic mass is 10.1. The quantitative estimate of drug-likeness (QED) is 0.933. The predicted molar refractivity (Wildman–Crippen MR) is 71.0 cm³/mol. The summed E-state index contributed by atoms with van der Waals surface area (Å²) in [5.74, 6) is 0.360. The molecule has 0 aliphatic carbocycles. The highest BCUT2D eigenvalue weighted by Gasteiger charge is 2.08. The summed E-state index contributed by atoms with van der Waals surface area (Å²) in [7, 11) is 0. The second-order valence-corrected chi connectivity index (χ2v) is 4.75. The average Bonchev–Trinajstić information content (AvgIpc) is 2.38. The van der Waals surface area contributed by atoms with Crippen molar-refractivity contribution in [2.75, 3.05) is 6.61 Å². The van der Waals surface area contributed by atoms with Crippen molar-refractivity contribution in [1.29, 1.82) is 0 Å². The van der Waals surface area contributed by atoms with Crippen molar-refractivity contribution in [1.82, 2.24) is 0 Å². The first-order valence-corrected chi connectivity index (χ1v) is 6.26. The molecule has 0 heterocycles. The van der Waals surface area contributed by atoms with Gasteiger partial charge in [-0.15, -0.1) is 0 Å². The van der Waals surface area contributed by atoms with Crippen LogP contribution < -0.4 is 4.74 Å². The molecule has 2 aromatic carbocycles. The number of hydrogen-bond donors (Lipinski definition) is 1. The molecule has 0 fully saturated rings.